The second-order valence-corrected chi connectivity index (χ2v) is 5.67. The van der Waals surface area contributed by atoms with Crippen molar-refractivity contribution >= 4 is 0 Å². The Morgan fingerprint density at radius 3 is 1.50 bits per heavy atom. The van der Waals surface area contributed by atoms with Crippen molar-refractivity contribution in [1.29, 1.82) is 0 Å². The van der Waals surface area contributed by atoms with Gasteiger partial charge in [-0.25, -0.2) is 0 Å². The third-order valence-electron chi connectivity index (χ3n) is 1.52. The second-order valence-electron chi connectivity index (χ2n) is 2.95. The Morgan fingerprint density at radius 1 is 1.00 bits per heavy atom. The van der Waals surface area contributed by atoms with Crippen molar-refractivity contribution in [2.75, 3.05) is 13.1 Å². The standard InChI is InChI=1S/C8H19N.4O.Re/c1-3-5-7-9-8-6-4-2;;;;;/h9H,3-8H2,1-2H3;;;;;/q;;;;-1;/p+1. The molecule has 0 rings (SSSR count). The molecule has 14 heavy (non-hydrogen) atoms. The van der Waals surface area contributed by atoms with E-state index in [2.05, 4.69) is 19.2 Å². The molecule has 0 radical (unpaired) electrons. The van der Waals surface area contributed by atoms with Crippen molar-refractivity contribution in [2.24, 2.45) is 0 Å². The Kier molecular flexibility index (Phi) is 13.0. The Morgan fingerprint density at radius 2 is 1.29 bits per heavy atom. The minimum absolute atomic E-state index is 1.33. The number of nitrogens with two attached hydrogens (primary N) is 1. The SMILES string of the molecule is CCCC[NH2+]CCCC.[O]=[Re](=[O])(=[O])[O-]. The van der Waals surface area contributed by atoms with E-state index in [1.165, 1.54) is 38.8 Å². The first-order chi connectivity index (χ1) is 6.41. The quantitative estimate of drug-likeness (QED) is 0.635. The predicted molar refractivity (Wildman–Crippen MR) is 43.5 cm³/mol. The van der Waals surface area contributed by atoms with Crippen LogP contribution in [0.5, 0.6) is 0 Å². The van der Waals surface area contributed by atoms with E-state index in [9.17, 15) is 0 Å². The molecule has 0 aromatic heterocycles. The fourth-order valence-corrected chi connectivity index (χ4v) is 0.841. The summed E-state index contributed by atoms with van der Waals surface area (Å²) in [6, 6.07) is 0. The molecule has 0 amide bonds. The van der Waals surface area contributed by atoms with Crippen LogP contribution in [0.4, 0.5) is 0 Å². The molecule has 0 saturated heterocycles. The van der Waals surface area contributed by atoms with E-state index >= 15 is 0 Å². The zero-order valence-corrected chi connectivity index (χ0v) is 11.5. The monoisotopic (exact) mass is 381 g/mol. The molecule has 0 aliphatic carbocycles. The Balaban J connectivity index is 0. The summed E-state index contributed by atoms with van der Waals surface area (Å²) in [5.74, 6) is 0. The van der Waals surface area contributed by atoms with Crippen molar-refractivity contribution in [3.63, 3.8) is 0 Å². The van der Waals surface area contributed by atoms with Crippen LogP contribution in [0.1, 0.15) is 39.5 Å². The number of hydrogen-bond donors (Lipinski definition) is 1. The van der Waals surface area contributed by atoms with Gasteiger partial charge in [-0.1, -0.05) is 26.7 Å². The topological polar surface area (TPSA) is 90.9 Å². The molecule has 0 fully saturated rings. The molecule has 0 aromatic carbocycles. The van der Waals surface area contributed by atoms with Gasteiger partial charge in [-0.05, 0) is 12.8 Å². The Hall–Kier alpha value is -0.0177. The molecule has 0 atom stereocenters. The first kappa shape index (κ1) is 16.4. The van der Waals surface area contributed by atoms with Gasteiger partial charge < -0.3 is 5.32 Å². The van der Waals surface area contributed by atoms with Gasteiger partial charge in [-0.2, -0.15) is 0 Å². The number of rotatable bonds is 6. The Bertz CT molecular complexity index is 221. The predicted octanol–water partition coefficient (Wildman–Crippen LogP) is -0.398. The molecule has 2 N–H and O–H groups in total. The number of hydrogen-bond acceptors (Lipinski definition) is 4. The van der Waals surface area contributed by atoms with Crippen LogP contribution in [0, 0.1) is 0 Å². The molecule has 0 spiro atoms. The fraction of sp³-hybridized carbons (Fsp3) is 1.00. The van der Waals surface area contributed by atoms with Gasteiger partial charge in [0.1, 0.15) is 0 Å². The van der Waals surface area contributed by atoms with Gasteiger partial charge in [0.25, 0.3) is 0 Å². The van der Waals surface area contributed by atoms with Gasteiger partial charge in [-0.15, -0.1) is 0 Å². The van der Waals surface area contributed by atoms with Crippen molar-refractivity contribution in [3.8, 4) is 0 Å². The zero-order valence-electron chi connectivity index (χ0n) is 8.83. The van der Waals surface area contributed by atoms with Crippen LogP contribution in [0.15, 0.2) is 0 Å². The van der Waals surface area contributed by atoms with E-state index < -0.39 is 15.8 Å². The van der Waals surface area contributed by atoms with E-state index in [1.54, 1.807) is 0 Å². The number of quaternary nitrogens is 1. The molecule has 6 heteroatoms. The molecule has 0 saturated carbocycles. The first-order valence-electron chi connectivity index (χ1n) is 4.85. The van der Waals surface area contributed by atoms with Crippen LogP contribution in [0.25, 0.3) is 0 Å². The van der Waals surface area contributed by atoms with Crippen LogP contribution >= 0.6 is 0 Å². The molecule has 0 bridgehead atoms. The summed E-state index contributed by atoms with van der Waals surface area (Å²) in [6.45, 7) is 7.15. The summed E-state index contributed by atoms with van der Waals surface area (Å²) < 4.78 is 34.6. The summed E-state index contributed by atoms with van der Waals surface area (Å²) in [5, 5.41) is 2.42. The Labute approximate surface area is 88.2 Å². The summed E-state index contributed by atoms with van der Waals surface area (Å²) >= 11 is -6.11. The third-order valence-corrected chi connectivity index (χ3v) is 1.52. The summed E-state index contributed by atoms with van der Waals surface area (Å²) in [7, 11) is 0. The van der Waals surface area contributed by atoms with Crippen molar-refractivity contribution < 1.29 is 35.3 Å². The minimum atomic E-state index is -6.11. The average molecular weight is 380 g/mol. The van der Waals surface area contributed by atoms with Crippen LogP contribution in [0.2, 0.25) is 0 Å². The maximum absolute atomic E-state index is 8.64. The molecular formula is C8H20NO4Re. The molecule has 0 heterocycles. The number of unbranched alkanes of at least 4 members (excludes halogenated alkanes) is 2. The van der Waals surface area contributed by atoms with E-state index in [0.717, 1.165) is 0 Å². The van der Waals surface area contributed by atoms with Crippen LogP contribution in [-0.2, 0) is 26.2 Å². The van der Waals surface area contributed by atoms with Gasteiger partial charge in [0, 0.05) is 0 Å². The van der Waals surface area contributed by atoms with Gasteiger partial charge in [-0.3, -0.25) is 0 Å². The van der Waals surface area contributed by atoms with Crippen LogP contribution in [0.3, 0.4) is 0 Å². The molecule has 0 aromatic rings. The maximum atomic E-state index is 8.64. The fourth-order valence-electron chi connectivity index (χ4n) is 0.841. The van der Waals surface area contributed by atoms with E-state index in [1.807, 2.05) is 0 Å². The van der Waals surface area contributed by atoms with Gasteiger partial charge in [0.15, 0.2) is 0 Å². The summed E-state index contributed by atoms with van der Waals surface area (Å²) in [5.41, 5.74) is 0. The average Bonchev–Trinajstić information content (AvgIpc) is 2.01. The van der Waals surface area contributed by atoms with E-state index in [-0.39, 0.29) is 0 Å². The van der Waals surface area contributed by atoms with E-state index in [4.69, 9.17) is 14.2 Å². The van der Waals surface area contributed by atoms with Crippen LogP contribution < -0.4 is 9.15 Å². The van der Waals surface area contributed by atoms with Gasteiger partial charge in [0.2, 0.25) is 0 Å². The summed E-state index contributed by atoms with van der Waals surface area (Å²) in [4.78, 5) is 0. The molecule has 0 unspecified atom stereocenters. The van der Waals surface area contributed by atoms with Crippen LogP contribution in [-0.4, -0.2) is 13.1 Å². The zero-order chi connectivity index (χ0) is 11.4. The summed E-state index contributed by atoms with van der Waals surface area (Å²) in [6.07, 6.45) is 5.43. The molecule has 88 valence electrons. The van der Waals surface area contributed by atoms with Crippen molar-refractivity contribution in [2.45, 2.75) is 39.5 Å². The third kappa shape index (κ3) is 40.4. The van der Waals surface area contributed by atoms with Gasteiger partial charge >= 0.3 is 30.0 Å². The van der Waals surface area contributed by atoms with Crippen molar-refractivity contribution in [1.82, 2.24) is 0 Å². The van der Waals surface area contributed by atoms with Crippen molar-refractivity contribution in [3.05, 3.63) is 0 Å². The normalized spacial score (nSPS) is 10.5. The molecular weight excluding hydrogens is 360 g/mol. The first-order valence-corrected chi connectivity index (χ1v) is 9.28. The second kappa shape index (κ2) is 11.1. The van der Waals surface area contributed by atoms with E-state index in [0.29, 0.717) is 0 Å². The molecule has 5 nitrogen and oxygen atoms in total. The molecule has 0 aliphatic heterocycles. The van der Waals surface area contributed by atoms with Gasteiger partial charge in [0.05, 0.1) is 13.1 Å². The molecule has 0 aliphatic rings.